The Labute approximate surface area is 127 Å². The molecule has 1 aromatic heterocycles. The second-order valence-electron chi connectivity index (χ2n) is 4.80. The normalized spacial score (nSPS) is 12.4. The van der Waals surface area contributed by atoms with Crippen LogP contribution in [0.15, 0.2) is 41.3 Å². The lowest BCUT2D eigenvalue weighted by molar-refractivity contribution is -0.641. The maximum atomic E-state index is 2.33. The van der Waals surface area contributed by atoms with E-state index in [4.69, 9.17) is 0 Å². The average Bonchev–Trinajstić information content (AvgIpc) is 2.81. The first-order chi connectivity index (χ1) is 9.74. The molecule has 3 rings (SSSR count). The highest BCUT2D eigenvalue weighted by Crippen LogP contribution is 2.29. The maximum absolute atomic E-state index is 2.33. The fourth-order valence-electron chi connectivity index (χ4n) is 2.52. The van der Waals surface area contributed by atoms with E-state index >= 15 is 0 Å². The summed E-state index contributed by atoms with van der Waals surface area (Å²) in [4.78, 5) is 1.43. The van der Waals surface area contributed by atoms with Crippen LogP contribution in [0, 0.1) is 0 Å². The third-order valence-corrected chi connectivity index (χ3v) is 5.72. The molecule has 0 aliphatic heterocycles. The van der Waals surface area contributed by atoms with E-state index in [-0.39, 0.29) is 0 Å². The fourth-order valence-corrected chi connectivity index (χ4v) is 4.25. The first-order valence-electron chi connectivity index (χ1n) is 6.79. The van der Waals surface area contributed by atoms with Gasteiger partial charge in [-0.3, -0.25) is 0 Å². The monoisotopic (exact) mass is 300 g/mol. The maximum Gasteiger partial charge on any atom is 0.263 e. The van der Waals surface area contributed by atoms with Gasteiger partial charge in [0.05, 0.1) is 5.39 Å². The lowest BCUT2D eigenvalue weighted by atomic mass is 10.1. The van der Waals surface area contributed by atoms with Crippen LogP contribution < -0.4 is 4.57 Å². The van der Waals surface area contributed by atoms with Crippen LogP contribution >= 0.6 is 23.1 Å². The summed E-state index contributed by atoms with van der Waals surface area (Å²) in [5.74, 6) is 0. The van der Waals surface area contributed by atoms with Gasteiger partial charge in [0.25, 0.3) is 5.01 Å². The van der Waals surface area contributed by atoms with Crippen molar-refractivity contribution in [1.82, 2.24) is 0 Å². The number of fused-ring (bicyclic) bond motifs is 3. The van der Waals surface area contributed by atoms with Gasteiger partial charge in [-0.15, -0.1) is 11.8 Å². The summed E-state index contributed by atoms with van der Waals surface area (Å²) in [5.41, 5.74) is 1.34. The summed E-state index contributed by atoms with van der Waals surface area (Å²) in [6, 6.07) is 13.1. The molecular weight excluding hydrogens is 282 g/mol. The third-order valence-electron chi connectivity index (χ3n) is 3.64. The number of aryl methyl sites for hydroxylation is 1. The Balaban J connectivity index is 2.30. The van der Waals surface area contributed by atoms with Crippen LogP contribution in [0.1, 0.15) is 18.4 Å². The Kier molecular flexibility index (Phi) is 3.81. The lowest BCUT2D eigenvalue weighted by Gasteiger charge is -1.97. The standard InChI is InChI=1S/C17H18NS2/c1-4-13(19-3)11-16-18(2)17-14-8-6-5-7-12(14)9-10-15(17)20-16/h5-11H,4H2,1-3H3/q+1/b13-11+. The second-order valence-corrected chi connectivity index (χ2v) is 6.80. The number of thiazole rings is 1. The van der Waals surface area contributed by atoms with Crippen molar-refractivity contribution in [2.75, 3.05) is 6.26 Å². The molecule has 1 heterocycles. The number of allylic oxidation sites excluding steroid dienone is 1. The Bertz CT molecular complexity index is 793. The molecule has 0 aliphatic rings. The molecule has 0 bridgehead atoms. The van der Waals surface area contributed by atoms with Crippen molar-refractivity contribution in [3.8, 4) is 0 Å². The van der Waals surface area contributed by atoms with Crippen molar-refractivity contribution in [1.29, 1.82) is 0 Å². The van der Waals surface area contributed by atoms with Crippen molar-refractivity contribution in [2.45, 2.75) is 13.3 Å². The van der Waals surface area contributed by atoms with Crippen molar-refractivity contribution in [3.63, 3.8) is 0 Å². The van der Waals surface area contributed by atoms with E-state index in [9.17, 15) is 0 Å². The Hall–Kier alpha value is -1.32. The Morgan fingerprint density at radius 2 is 2.05 bits per heavy atom. The zero-order valence-electron chi connectivity index (χ0n) is 12.0. The smallest absolute Gasteiger partial charge is 0.184 e. The van der Waals surface area contributed by atoms with E-state index in [1.807, 2.05) is 23.1 Å². The van der Waals surface area contributed by atoms with Gasteiger partial charge in [0.2, 0.25) is 5.52 Å². The van der Waals surface area contributed by atoms with Crippen molar-refractivity contribution in [2.24, 2.45) is 7.05 Å². The van der Waals surface area contributed by atoms with Crippen LogP contribution in [0.2, 0.25) is 0 Å². The summed E-state index contributed by atoms with van der Waals surface area (Å²) >= 11 is 3.71. The van der Waals surface area contributed by atoms with Crippen LogP contribution in [0.4, 0.5) is 0 Å². The average molecular weight is 300 g/mol. The van der Waals surface area contributed by atoms with Gasteiger partial charge in [-0.05, 0) is 35.1 Å². The van der Waals surface area contributed by atoms with E-state index < -0.39 is 0 Å². The fraction of sp³-hybridized carbons (Fsp3) is 0.235. The largest absolute Gasteiger partial charge is 0.263 e. The molecule has 3 heteroatoms. The molecule has 0 saturated heterocycles. The van der Waals surface area contributed by atoms with Gasteiger partial charge in [0.15, 0.2) is 0 Å². The summed E-state index contributed by atoms with van der Waals surface area (Å²) in [6.07, 6.45) is 5.57. The molecule has 0 saturated carbocycles. The van der Waals surface area contributed by atoms with Gasteiger partial charge in [-0.1, -0.05) is 42.5 Å². The molecule has 0 atom stereocenters. The predicted molar refractivity (Wildman–Crippen MR) is 92.3 cm³/mol. The molecule has 0 spiro atoms. The number of nitrogens with zero attached hydrogens (tertiary/aromatic N) is 1. The first-order valence-corrected chi connectivity index (χ1v) is 8.83. The van der Waals surface area contributed by atoms with Gasteiger partial charge in [0.1, 0.15) is 11.7 Å². The van der Waals surface area contributed by atoms with Gasteiger partial charge >= 0.3 is 0 Å². The van der Waals surface area contributed by atoms with Crippen LogP contribution in [-0.4, -0.2) is 6.26 Å². The van der Waals surface area contributed by atoms with Crippen LogP contribution in [0.3, 0.4) is 0 Å². The number of benzene rings is 2. The zero-order valence-corrected chi connectivity index (χ0v) is 13.6. The molecule has 0 N–H and O–H groups in total. The van der Waals surface area contributed by atoms with Crippen molar-refractivity contribution in [3.05, 3.63) is 46.3 Å². The number of rotatable bonds is 3. The molecule has 3 aromatic rings. The van der Waals surface area contributed by atoms with Gasteiger partial charge in [-0.25, -0.2) is 0 Å². The molecule has 0 aliphatic carbocycles. The topological polar surface area (TPSA) is 3.88 Å². The molecule has 1 nitrogen and oxygen atoms in total. The van der Waals surface area contributed by atoms with Crippen molar-refractivity contribution < 1.29 is 4.57 Å². The van der Waals surface area contributed by atoms with Crippen LogP contribution in [0.25, 0.3) is 27.1 Å². The quantitative estimate of drug-likeness (QED) is 0.616. The van der Waals surface area contributed by atoms with E-state index in [1.165, 1.54) is 30.9 Å². The van der Waals surface area contributed by atoms with Gasteiger partial charge in [0, 0.05) is 6.08 Å². The summed E-state index contributed by atoms with van der Waals surface area (Å²) < 4.78 is 3.68. The van der Waals surface area contributed by atoms with Gasteiger partial charge in [-0.2, -0.15) is 4.57 Å². The molecule has 0 radical (unpaired) electrons. The molecule has 102 valence electrons. The predicted octanol–water partition coefficient (Wildman–Crippen LogP) is 4.99. The SMILES string of the molecule is CC/C(=C\c1sc2ccc3ccccc3c2[n+]1C)SC. The second kappa shape index (κ2) is 5.58. The number of thioether (sulfide) groups is 1. The number of aromatic nitrogens is 1. The molecule has 0 amide bonds. The summed E-state index contributed by atoms with van der Waals surface area (Å²) in [5, 5.41) is 3.97. The highest BCUT2D eigenvalue weighted by Gasteiger charge is 2.18. The lowest BCUT2D eigenvalue weighted by Crippen LogP contribution is -2.29. The van der Waals surface area contributed by atoms with E-state index in [2.05, 4.69) is 67.3 Å². The van der Waals surface area contributed by atoms with Crippen molar-refractivity contribution >= 4 is 50.2 Å². The molecule has 0 fully saturated rings. The number of hydrogen-bond acceptors (Lipinski definition) is 2. The minimum atomic E-state index is 1.09. The highest BCUT2D eigenvalue weighted by atomic mass is 32.2. The third kappa shape index (κ3) is 2.25. The first kappa shape index (κ1) is 13.7. The van der Waals surface area contributed by atoms with E-state index in [0.717, 1.165) is 6.42 Å². The van der Waals surface area contributed by atoms with E-state index in [0.29, 0.717) is 0 Å². The minimum absolute atomic E-state index is 1.09. The molecule has 0 unspecified atom stereocenters. The van der Waals surface area contributed by atoms with Crippen LogP contribution in [-0.2, 0) is 7.05 Å². The van der Waals surface area contributed by atoms with Crippen LogP contribution in [0.5, 0.6) is 0 Å². The van der Waals surface area contributed by atoms with Gasteiger partial charge < -0.3 is 0 Å². The Morgan fingerprint density at radius 1 is 1.25 bits per heavy atom. The van der Waals surface area contributed by atoms with E-state index in [1.54, 1.807) is 0 Å². The zero-order chi connectivity index (χ0) is 14.1. The minimum Gasteiger partial charge on any atom is -0.184 e. The molecular formula is C17H18NS2+. The number of hydrogen-bond donors (Lipinski definition) is 0. The molecule has 20 heavy (non-hydrogen) atoms. The highest BCUT2D eigenvalue weighted by molar-refractivity contribution is 8.02. The summed E-state index contributed by atoms with van der Waals surface area (Å²) in [6.45, 7) is 2.21. The summed E-state index contributed by atoms with van der Waals surface area (Å²) in [7, 11) is 2.17. The molecule has 2 aromatic carbocycles. The Morgan fingerprint density at radius 3 is 2.80 bits per heavy atom.